The summed E-state index contributed by atoms with van der Waals surface area (Å²) in [4.78, 5) is 28.7. The van der Waals surface area contributed by atoms with E-state index < -0.39 is 6.10 Å². The summed E-state index contributed by atoms with van der Waals surface area (Å²) in [5.41, 5.74) is 8.40. The van der Waals surface area contributed by atoms with Crippen molar-refractivity contribution >= 4 is 45.7 Å². The minimum absolute atomic E-state index is 0.0708. The number of halogens is 1. The summed E-state index contributed by atoms with van der Waals surface area (Å²) in [5.74, 6) is 1.03. The van der Waals surface area contributed by atoms with Gasteiger partial charge in [-0.2, -0.15) is 0 Å². The number of benzene rings is 3. The number of H-pyrrole nitrogens is 1. The molecule has 3 atom stereocenters. The topological polar surface area (TPSA) is 128 Å². The second-order valence-corrected chi connectivity index (χ2v) is 11.2. The molecule has 4 aromatic rings. The van der Waals surface area contributed by atoms with Crippen LogP contribution in [0.4, 0.5) is 0 Å². The number of ether oxygens (including phenoxy) is 2. The molecule has 3 aromatic carbocycles. The molecule has 1 aliphatic rings. The van der Waals surface area contributed by atoms with E-state index in [0.29, 0.717) is 36.8 Å². The Balaban J connectivity index is 1.06. The van der Waals surface area contributed by atoms with Gasteiger partial charge in [0, 0.05) is 42.0 Å². The van der Waals surface area contributed by atoms with Crippen LogP contribution in [0.2, 0.25) is 5.02 Å². The molecular formula is C32H38ClN5O5. The van der Waals surface area contributed by atoms with Gasteiger partial charge >= 0.3 is 0 Å². The number of hydrazine groups is 1. The lowest BCUT2D eigenvalue weighted by Gasteiger charge is -2.20. The summed E-state index contributed by atoms with van der Waals surface area (Å²) < 4.78 is 11.8. The first-order chi connectivity index (χ1) is 21.0. The van der Waals surface area contributed by atoms with Crippen LogP contribution in [0.3, 0.4) is 0 Å². The van der Waals surface area contributed by atoms with Crippen LogP contribution in [0.1, 0.15) is 37.8 Å². The third-order valence-electron chi connectivity index (χ3n) is 7.71. The van der Waals surface area contributed by atoms with Gasteiger partial charge < -0.3 is 29.8 Å². The number of hydrogen-bond donors (Lipinski definition) is 5. The van der Waals surface area contributed by atoms with E-state index in [1.54, 1.807) is 17.0 Å². The number of likely N-dealkylation sites (tertiary alicyclic amines) is 1. The van der Waals surface area contributed by atoms with Crippen LogP contribution in [0.15, 0.2) is 60.7 Å². The summed E-state index contributed by atoms with van der Waals surface area (Å²) in [6.07, 6.45) is 2.40. The molecule has 43 heavy (non-hydrogen) atoms. The number of fused-ring (bicyclic) bond motifs is 3. The second-order valence-electron chi connectivity index (χ2n) is 10.8. The highest BCUT2D eigenvalue weighted by Gasteiger charge is 2.27. The maximum absolute atomic E-state index is 12.8. The Labute approximate surface area is 255 Å². The van der Waals surface area contributed by atoms with Gasteiger partial charge in [-0.25, -0.2) is 5.43 Å². The molecule has 5 N–H and O–H groups in total. The van der Waals surface area contributed by atoms with Crippen molar-refractivity contribution in [2.45, 2.75) is 44.4 Å². The molecule has 2 heterocycles. The van der Waals surface area contributed by atoms with Gasteiger partial charge in [0.1, 0.15) is 24.2 Å². The van der Waals surface area contributed by atoms with E-state index in [2.05, 4.69) is 34.1 Å². The van der Waals surface area contributed by atoms with E-state index in [1.165, 1.54) is 0 Å². The fourth-order valence-electron chi connectivity index (χ4n) is 5.52. The van der Waals surface area contributed by atoms with Gasteiger partial charge in [0.15, 0.2) is 6.61 Å². The van der Waals surface area contributed by atoms with Crippen LogP contribution >= 0.6 is 11.6 Å². The van der Waals surface area contributed by atoms with Crippen molar-refractivity contribution in [1.82, 2.24) is 26.1 Å². The molecule has 0 bridgehead atoms. The zero-order valence-electron chi connectivity index (χ0n) is 24.1. The predicted molar refractivity (Wildman–Crippen MR) is 167 cm³/mol. The Hall–Kier alpha value is -3.83. The van der Waals surface area contributed by atoms with Gasteiger partial charge in [-0.15, -0.1) is 0 Å². The lowest BCUT2D eigenvalue weighted by atomic mass is 10.0. The van der Waals surface area contributed by atoms with Gasteiger partial charge in [-0.3, -0.25) is 15.0 Å². The third-order valence-corrected chi connectivity index (χ3v) is 8.00. The molecule has 5 rings (SSSR count). The Bertz CT molecular complexity index is 1550. The smallest absolute Gasteiger partial charge is 0.260 e. The van der Waals surface area contributed by atoms with E-state index in [0.717, 1.165) is 52.4 Å². The number of nitrogens with one attached hydrogen (secondary N) is 4. The first kappa shape index (κ1) is 30.6. The standard InChI is InChI=1S/C32H38ClN5O5/c1-2-6-26(37-35-20-39)21-11-12-29(25(33)15-21)43-19-31(41)38-14-13-22(17-38)34-16-23(40)18-42-30-10-5-9-28-32(30)24-7-3-4-8-27(24)36-28/h3-5,7-12,15,20,22-23,26,34,36-37,40H,2,6,13-14,16-19H2,1H3,(H,35,39). The molecule has 2 amide bonds. The molecule has 228 valence electrons. The number of aliphatic hydroxyl groups excluding tert-OH is 1. The molecule has 1 aliphatic heterocycles. The van der Waals surface area contributed by atoms with Crippen molar-refractivity contribution in [3.63, 3.8) is 0 Å². The molecule has 3 unspecified atom stereocenters. The molecule has 0 aliphatic carbocycles. The number of hydrogen-bond acceptors (Lipinski definition) is 7. The molecule has 1 saturated heterocycles. The largest absolute Gasteiger partial charge is 0.490 e. The van der Waals surface area contributed by atoms with Crippen LogP contribution in [0.5, 0.6) is 11.5 Å². The monoisotopic (exact) mass is 607 g/mol. The van der Waals surface area contributed by atoms with Crippen LogP contribution in [0.25, 0.3) is 21.8 Å². The first-order valence-electron chi connectivity index (χ1n) is 14.6. The van der Waals surface area contributed by atoms with Crippen LogP contribution < -0.4 is 25.6 Å². The molecule has 0 radical (unpaired) electrons. The van der Waals surface area contributed by atoms with Gasteiger partial charge in [0.05, 0.1) is 16.6 Å². The molecule has 10 nitrogen and oxygen atoms in total. The average Bonchev–Trinajstić information content (AvgIpc) is 3.65. The number of nitrogens with zero attached hydrogens (tertiary/aromatic N) is 1. The second kappa shape index (κ2) is 14.6. The quantitative estimate of drug-likeness (QED) is 0.102. The van der Waals surface area contributed by atoms with Crippen LogP contribution in [-0.4, -0.2) is 72.3 Å². The summed E-state index contributed by atoms with van der Waals surface area (Å²) in [6.45, 7) is 3.58. The lowest BCUT2D eigenvalue weighted by Crippen LogP contribution is -2.41. The van der Waals surface area contributed by atoms with Crippen molar-refractivity contribution in [2.75, 3.05) is 32.8 Å². The molecule has 1 fully saturated rings. The minimum Gasteiger partial charge on any atom is -0.490 e. The summed E-state index contributed by atoms with van der Waals surface area (Å²) in [7, 11) is 0. The fraction of sp³-hybridized carbons (Fsp3) is 0.375. The van der Waals surface area contributed by atoms with Crippen LogP contribution in [0, 0.1) is 0 Å². The lowest BCUT2D eigenvalue weighted by molar-refractivity contribution is -0.132. The van der Waals surface area contributed by atoms with Gasteiger partial charge in [0.25, 0.3) is 5.91 Å². The summed E-state index contributed by atoms with van der Waals surface area (Å²) in [6, 6.07) is 19.3. The van der Waals surface area contributed by atoms with E-state index >= 15 is 0 Å². The number of para-hydroxylation sites is 1. The van der Waals surface area contributed by atoms with Gasteiger partial charge in [-0.05, 0) is 48.7 Å². The van der Waals surface area contributed by atoms with E-state index in [4.69, 9.17) is 21.1 Å². The first-order valence-corrected chi connectivity index (χ1v) is 15.0. The number of aromatic amines is 1. The highest BCUT2D eigenvalue weighted by Crippen LogP contribution is 2.33. The molecule has 1 aromatic heterocycles. The van der Waals surface area contributed by atoms with E-state index in [-0.39, 0.29) is 31.2 Å². The number of carbonyl (C=O) groups is 2. The van der Waals surface area contributed by atoms with E-state index in [1.807, 2.05) is 42.5 Å². The Morgan fingerprint density at radius 1 is 1.14 bits per heavy atom. The minimum atomic E-state index is -0.708. The zero-order chi connectivity index (χ0) is 30.2. The van der Waals surface area contributed by atoms with Crippen molar-refractivity contribution < 1.29 is 24.2 Å². The highest BCUT2D eigenvalue weighted by molar-refractivity contribution is 6.32. The molecule has 11 heteroatoms. The number of rotatable bonds is 15. The number of aliphatic hydroxyl groups is 1. The van der Waals surface area contributed by atoms with Gasteiger partial charge in [0.2, 0.25) is 6.41 Å². The van der Waals surface area contributed by atoms with Crippen molar-refractivity contribution in [3.05, 3.63) is 71.2 Å². The van der Waals surface area contributed by atoms with E-state index in [9.17, 15) is 14.7 Å². The summed E-state index contributed by atoms with van der Waals surface area (Å²) in [5, 5.41) is 16.5. The SMILES string of the molecule is CCCC(NNC=O)c1ccc(OCC(=O)N2CCC(NCC(O)COc3cccc4[nH]c5ccccc5c34)C2)c(Cl)c1. The maximum atomic E-state index is 12.8. The Morgan fingerprint density at radius 3 is 2.79 bits per heavy atom. The van der Waals surface area contributed by atoms with Gasteiger partial charge in [-0.1, -0.05) is 55.3 Å². The average molecular weight is 608 g/mol. The molecular weight excluding hydrogens is 570 g/mol. The Kier molecular flexibility index (Phi) is 10.4. The molecule has 0 saturated carbocycles. The van der Waals surface area contributed by atoms with Crippen LogP contribution in [-0.2, 0) is 9.59 Å². The predicted octanol–water partition coefficient (Wildman–Crippen LogP) is 4.08. The number of aromatic nitrogens is 1. The Morgan fingerprint density at radius 2 is 1.98 bits per heavy atom. The zero-order valence-corrected chi connectivity index (χ0v) is 24.9. The van der Waals surface area contributed by atoms with Crippen molar-refractivity contribution in [1.29, 1.82) is 0 Å². The third kappa shape index (κ3) is 7.58. The van der Waals surface area contributed by atoms with Crippen molar-refractivity contribution in [3.8, 4) is 11.5 Å². The van der Waals surface area contributed by atoms with Crippen molar-refractivity contribution in [2.24, 2.45) is 0 Å². The number of amides is 2. The number of carbonyl (C=O) groups excluding carboxylic acids is 2. The summed E-state index contributed by atoms with van der Waals surface area (Å²) >= 11 is 6.45. The fourth-order valence-corrected chi connectivity index (χ4v) is 5.76. The highest BCUT2D eigenvalue weighted by atomic mass is 35.5. The maximum Gasteiger partial charge on any atom is 0.260 e. The molecule has 0 spiro atoms. The normalized spacial score (nSPS) is 16.3.